The van der Waals surface area contributed by atoms with Crippen molar-refractivity contribution in [2.45, 2.75) is 0 Å². The molecule has 0 spiro atoms. The lowest BCUT2D eigenvalue weighted by Crippen LogP contribution is -2.50. The zero-order valence-electron chi connectivity index (χ0n) is 11.4. The van der Waals surface area contributed by atoms with E-state index in [4.69, 9.17) is 0 Å². The van der Waals surface area contributed by atoms with E-state index >= 15 is 0 Å². The van der Waals surface area contributed by atoms with E-state index in [0.29, 0.717) is 11.4 Å². The second-order valence-electron chi connectivity index (χ2n) is 4.53. The molecule has 7 heteroatoms. The molecule has 0 saturated heterocycles. The number of hydrogen-bond donors (Lipinski definition) is 0. The zero-order valence-corrected chi connectivity index (χ0v) is 11.4. The molecule has 1 aromatic rings. The van der Waals surface area contributed by atoms with Gasteiger partial charge in [0.05, 0.1) is 14.2 Å². The number of carbonyl (C=O) groups is 2. The van der Waals surface area contributed by atoms with E-state index in [1.165, 1.54) is 14.2 Å². The molecule has 0 aliphatic carbocycles. The third-order valence-electron chi connectivity index (χ3n) is 3.22. The standard InChI is InChI=1S/C13H16N2O5/c1-19-12(16)7-14-9-15(18,8-13(17)20-2)11-6-4-3-5-10(11)14/h3-6H,7-9H2,1-2H3. The third-order valence-corrected chi connectivity index (χ3v) is 3.22. The first-order valence-electron chi connectivity index (χ1n) is 6.06. The highest BCUT2D eigenvalue weighted by molar-refractivity contribution is 5.84. The molecule has 0 aromatic heterocycles. The predicted octanol–water partition coefficient (Wildman–Crippen LogP) is 0.615. The Morgan fingerprint density at radius 3 is 2.55 bits per heavy atom. The highest BCUT2D eigenvalue weighted by atomic mass is 16.6. The van der Waals surface area contributed by atoms with Gasteiger partial charge in [-0.3, -0.25) is 4.79 Å². The Labute approximate surface area is 116 Å². The van der Waals surface area contributed by atoms with Crippen molar-refractivity contribution in [3.8, 4) is 0 Å². The van der Waals surface area contributed by atoms with Gasteiger partial charge in [-0.25, -0.2) is 4.79 Å². The molecule has 1 aromatic carbocycles. The highest BCUT2D eigenvalue weighted by Crippen LogP contribution is 2.40. The molecule has 0 bridgehead atoms. The van der Waals surface area contributed by atoms with E-state index in [1.54, 1.807) is 29.2 Å². The van der Waals surface area contributed by atoms with Gasteiger partial charge in [-0.2, -0.15) is 0 Å². The number of nitrogens with zero attached hydrogens (tertiary/aromatic N) is 2. The summed E-state index contributed by atoms with van der Waals surface area (Å²) < 4.78 is 8.32. The van der Waals surface area contributed by atoms with Crippen LogP contribution < -0.4 is 9.55 Å². The number of anilines is 1. The fraction of sp³-hybridized carbons (Fsp3) is 0.385. The monoisotopic (exact) mass is 280 g/mol. The quantitative estimate of drug-likeness (QED) is 0.457. The molecule has 1 heterocycles. The summed E-state index contributed by atoms with van der Waals surface area (Å²) in [5.41, 5.74) is 1.08. The molecule has 1 atom stereocenters. The van der Waals surface area contributed by atoms with Crippen molar-refractivity contribution >= 4 is 23.3 Å². The number of fused-ring (bicyclic) bond motifs is 1. The second kappa shape index (κ2) is 5.48. The van der Waals surface area contributed by atoms with Crippen LogP contribution in [-0.2, 0) is 19.1 Å². The number of para-hydroxylation sites is 2. The molecule has 0 amide bonds. The summed E-state index contributed by atoms with van der Waals surface area (Å²) >= 11 is 0. The normalized spacial score (nSPS) is 20.4. The van der Waals surface area contributed by atoms with Crippen LogP contribution in [0.4, 0.5) is 11.4 Å². The summed E-state index contributed by atoms with van der Waals surface area (Å²) in [5.74, 6) is -1.03. The van der Waals surface area contributed by atoms with Gasteiger partial charge in [0.2, 0.25) is 0 Å². The number of quaternary nitrogens is 1. The van der Waals surface area contributed by atoms with Gasteiger partial charge in [-0.05, 0) is 6.07 Å². The van der Waals surface area contributed by atoms with Crippen molar-refractivity contribution in [2.24, 2.45) is 0 Å². The Kier molecular flexibility index (Phi) is 3.91. The van der Waals surface area contributed by atoms with Gasteiger partial charge in [0.15, 0.2) is 18.9 Å². The van der Waals surface area contributed by atoms with E-state index < -0.39 is 16.6 Å². The number of hydrogen-bond acceptors (Lipinski definition) is 6. The van der Waals surface area contributed by atoms with Crippen LogP contribution in [0.1, 0.15) is 0 Å². The number of hydroxylamine groups is 2. The van der Waals surface area contributed by atoms with Crippen molar-refractivity contribution in [3.63, 3.8) is 0 Å². The van der Waals surface area contributed by atoms with E-state index in [9.17, 15) is 14.8 Å². The highest BCUT2D eigenvalue weighted by Gasteiger charge is 2.38. The van der Waals surface area contributed by atoms with Crippen molar-refractivity contribution in [1.82, 2.24) is 4.65 Å². The maximum Gasteiger partial charge on any atom is 0.362 e. The number of ether oxygens (including phenoxy) is 2. The van der Waals surface area contributed by atoms with E-state index in [1.807, 2.05) is 0 Å². The smallest absolute Gasteiger partial charge is 0.362 e. The van der Waals surface area contributed by atoms with Crippen LogP contribution in [0.5, 0.6) is 0 Å². The van der Waals surface area contributed by atoms with E-state index in [-0.39, 0.29) is 19.8 Å². The van der Waals surface area contributed by atoms with Gasteiger partial charge < -0.3 is 24.2 Å². The summed E-state index contributed by atoms with van der Waals surface area (Å²) in [6, 6.07) is 6.90. The first-order valence-corrected chi connectivity index (χ1v) is 6.06. The van der Waals surface area contributed by atoms with Gasteiger partial charge in [0.25, 0.3) is 0 Å². The second-order valence-corrected chi connectivity index (χ2v) is 4.53. The van der Waals surface area contributed by atoms with Gasteiger partial charge >= 0.3 is 11.9 Å². The Morgan fingerprint density at radius 2 is 1.90 bits per heavy atom. The molecule has 2 rings (SSSR count). The van der Waals surface area contributed by atoms with E-state index in [2.05, 4.69) is 9.47 Å². The summed E-state index contributed by atoms with van der Waals surface area (Å²) in [6.07, 6.45) is 0. The first-order chi connectivity index (χ1) is 9.50. The fourth-order valence-electron chi connectivity index (χ4n) is 2.27. The minimum Gasteiger partial charge on any atom is -0.626 e. The maximum atomic E-state index is 12.8. The van der Waals surface area contributed by atoms with Crippen molar-refractivity contribution in [2.75, 3.05) is 38.9 Å². The van der Waals surface area contributed by atoms with Gasteiger partial charge in [-0.15, -0.1) is 0 Å². The molecular formula is C13H16N2O5. The lowest BCUT2D eigenvalue weighted by atomic mass is 10.2. The first kappa shape index (κ1) is 14.3. The zero-order chi connectivity index (χ0) is 14.8. The molecule has 0 saturated carbocycles. The van der Waals surface area contributed by atoms with Crippen LogP contribution in [0.3, 0.4) is 0 Å². The Bertz CT molecular complexity index is 533. The lowest BCUT2D eigenvalue weighted by Gasteiger charge is -2.36. The molecule has 0 N–H and O–H groups in total. The van der Waals surface area contributed by atoms with Gasteiger partial charge in [0, 0.05) is 6.07 Å². The molecule has 1 unspecified atom stereocenters. The predicted molar refractivity (Wildman–Crippen MR) is 72.7 cm³/mol. The lowest BCUT2D eigenvalue weighted by molar-refractivity contribution is -0.141. The number of carbonyl (C=O) groups excluding carboxylic acids is 2. The summed E-state index contributed by atoms with van der Waals surface area (Å²) in [4.78, 5) is 24.4. The molecule has 7 nitrogen and oxygen atoms in total. The average molecular weight is 280 g/mol. The number of methoxy groups -OCH3 is 2. The topological polar surface area (TPSA) is 78.9 Å². The SMILES string of the molecule is COC(=O)CN1C[N+]([O-])(CC(=O)OC)c2ccccc21. The molecule has 20 heavy (non-hydrogen) atoms. The summed E-state index contributed by atoms with van der Waals surface area (Å²) in [7, 11) is 2.53. The van der Waals surface area contributed by atoms with Crippen molar-refractivity contribution in [1.29, 1.82) is 0 Å². The van der Waals surface area contributed by atoms with E-state index in [0.717, 1.165) is 0 Å². The third kappa shape index (κ3) is 2.59. The maximum absolute atomic E-state index is 12.8. The molecule has 108 valence electrons. The molecular weight excluding hydrogens is 264 g/mol. The Morgan fingerprint density at radius 1 is 1.25 bits per heavy atom. The summed E-state index contributed by atoms with van der Waals surface area (Å²) in [6.45, 7) is -0.383. The summed E-state index contributed by atoms with van der Waals surface area (Å²) in [5, 5.41) is 12.8. The number of benzene rings is 1. The molecule has 0 fully saturated rings. The average Bonchev–Trinajstić information content (AvgIpc) is 2.72. The van der Waals surface area contributed by atoms with Crippen molar-refractivity contribution in [3.05, 3.63) is 29.5 Å². The van der Waals surface area contributed by atoms with Crippen molar-refractivity contribution < 1.29 is 19.1 Å². The van der Waals surface area contributed by atoms with Crippen LogP contribution in [-0.4, -0.2) is 45.9 Å². The van der Waals surface area contributed by atoms with Gasteiger partial charge in [-0.1, -0.05) is 12.1 Å². The molecule has 1 aliphatic heterocycles. The minimum absolute atomic E-state index is 0.0243. The largest absolute Gasteiger partial charge is 0.626 e. The minimum atomic E-state index is -0.861. The van der Waals surface area contributed by atoms with Crippen LogP contribution >= 0.6 is 0 Å². The van der Waals surface area contributed by atoms with Crippen LogP contribution in [0.15, 0.2) is 24.3 Å². The molecule has 0 radical (unpaired) electrons. The molecule has 1 aliphatic rings. The van der Waals surface area contributed by atoms with Crippen LogP contribution in [0.25, 0.3) is 0 Å². The van der Waals surface area contributed by atoms with Gasteiger partial charge in [0.1, 0.15) is 12.2 Å². The fourth-order valence-corrected chi connectivity index (χ4v) is 2.27. The van der Waals surface area contributed by atoms with Crippen LogP contribution in [0.2, 0.25) is 0 Å². The Balaban J connectivity index is 2.30. The number of esters is 2. The van der Waals surface area contributed by atoms with Crippen LogP contribution in [0, 0.1) is 5.21 Å². The Hall–Kier alpha value is -2.12. The number of rotatable bonds is 4.